The number of Topliss-reactive ketones (excluding diaryl/α,β-unsaturated/α-hetero) is 2. The number of carbonyl (C=O) groups is 7. The molecule has 2 heterocycles. The number of hydrogen-bond acceptors (Lipinski definition) is 14. The Hall–Kier alpha value is -11.7. The van der Waals surface area contributed by atoms with E-state index >= 15 is 0 Å². The molecule has 516 valence electrons. The summed E-state index contributed by atoms with van der Waals surface area (Å²) in [7, 11) is 1.35. The lowest BCUT2D eigenvalue weighted by molar-refractivity contribution is -0.187. The molecule has 9 rings (SSSR count). The zero-order chi connectivity index (χ0) is 75.2. The Bertz CT molecular complexity index is 3890. The lowest BCUT2D eigenvalue weighted by Crippen LogP contribution is -2.30. The Morgan fingerprint density at radius 2 is 0.939 bits per heavy atom. The van der Waals surface area contributed by atoms with Crippen LogP contribution in [0.2, 0.25) is 0 Å². The first-order valence-corrected chi connectivity index (χ1v) is 31.7. The van der Waals surface area contributed by atoms with Crippen LogP contribution in [0.25, 0.3) is 20.2 Å². The number of benzene rings is 7. The van der Waals surface area contributed by atoms with E-state index in [2.05, 4.69) is 89.8 Å². The Balaban J connectivity index is -0.00000106. The summed E-state index contributed by atoms with van der Waals surface area (Å²) in [5.74, 6) is 7.58. The third-order valence-electron chi connectivity index (χ3n) is 11.3. The molecule has 2 aromatic heterocycles. The van der Waals surface area contributed by atoms with Crippen molar-refractivity contribution in [2.75, 3.05) is 7.11 Å². The second kappa shape index (κ2) is 58.8. The van der Waals surface area contributed by atoms with Crippen molar-refractivity contribution in [2.24, 2.45) is 0 Å². The van der Waals surface area contributed by atoms with Crippen LogP contribution in [0.3, 0.4) is 0 Å². The third kappa shape index (κ3) is 46.1. The number of methoxy groups -OCH3 is 1. The van der Waals surface area contributed by atoms with E-state index < -0.39 is 17.5 Å². The normalized spacial score (nSPS) is 8.76. The number of allylic oxidation sites excluding steroid dienone is 3. The molecule has 0 fully saturated rings. The number of ether oxygens (including phenoxy) is 1. The molecule has 7 aromatic carbocycles. The molecule has 0 bridgehead atoms. The Kier molecular flexibility index (Phi) is 54.3. The molecule has 0 unspecified atom stereocenters. The smallest absolute Gasteiger partial charge is 0.386 e. The molecular weight excluding hydrogens is 1260 g/mol. The molecule has 0 aliphatic carbocycles. The van der Waals surface area contributed by atoms with Crippen LogP contribution in [-0.4, -0.2) is 63.8 Å². The van der Waals surface area contributed by atoms with Gasteiger partial charge in [-0.1, -0.05) is 215 Å². The van der Waals surface area contributed by atoms with Gasteiger partial charge in [-0.2, -0.15) is 0 Å². The van der Waals surface area contributed by atoms with Gasteiger partial charge in [0.05, 0.1) is 24.7 Å². The molecule has 1 N–H and O–H groups in total. The average molecular weight is 1350 g/mol. The molecule has 99 heavy (non-hydrogen) atoms. The number of fused-ring (bicyclic) bond motifs is 2. The van der Waals surface area contributed by atoms with E-state index in [4.69, 9.17) is 6.42 Å². The van der Waals surface area contributed by atoms with E-state index in [1.54, 1.807) is 136 Å². The summed E-state index contributed by atoms with van der Waals surface area (Å²) in [5, 5.41) is 11.1. The highest BCUT2D eigenvalue weighted by Crippen LogP contribution is 2.25. The topological polar surface area (TPSA) is 197 Å². The van der Waals surface area contributed by atoms with Crippen molar-refractivity contribution >= 4 is 72.5 Å². The standard InChI is InChI=1S/C14H10O4.C14H10OS.C13H10O.C10H12O2.C5H5N.C5H8O2.C5H8O.C5H4.C4H6O.C4H10.C3H6.C3H4/c15-13(11-7-3-1-4-8-11)17-18-14(16)12-9-5-2-6-10-12;1-9-6-7-13-11(8-9)14(15)10-4-2-3-5-12(10)16-13;14-13(11-7-3-1-4-8-11)12-9-5-2-6-10-12;1-10(2,12)9(11)8-6-4-3-5-7-8;1-2-4-6-5-3-1;1-3-4-5(6)7-2;1-4(2)5(3)6;1-3-5-4-2;1-3-4(2)5;1-3-4-2;2*1-3-2/h1-10H;2-8H,1H3;1-10H;3-7,12H,1-2H3;1-5H;3H,1,4H2,2H3;1H2,2-3H3;1H,2H3;3H,1H2,2H3;3-4H2,1-2H3;3H,1H2,2H3;1H,2H3. The van der Waals surface area contributed by atoms with Crippen molar-refractivity contribution in [1.29, 1.82) is 0 Å². The van der Waals surface area contributed by atoms with E-state index in [9.17, 15) is 43.5 Å². The minimum atomic E-state index is -1.28. The molecule has 0 atom stereocenters. The molecular formula is C85H93NO12S. The van der Waals surface area contributed by atoms with Gasteiger partial charge in [0, 0.05) is 49.3 Å². The monoisotopic (exact) mass is 1350 g/mol. The number of unbranched alkanes of at least 4 members (excludes halogenated alkanes) is 1. The van der Waals surface area contributed by atoms with Gasteiger partial charge in [-0.05, 0) is 146 Å². The van der Waals surface area contributed by atoms with Gasteiger partial charge in [0.15, 0.2) is 28.6 Å². The highest BCUT2D eigenvalue weighted by Gasteiger charge is 2.24. The molecule has 0 spiro atoms. The second-order valence-electron chi connectivity index (χ2n) is 20.2. The molecule has 14 heteroatoms. The number of rotatable bonds is 11. The highest BCUT2D eigenvalue weighted by molar-refractivity contribution is 7.24. The summed E-state index contributed by atoms with van der Waals surface area (Å²) in [4.78, 5) is 101. The van der Waals surface area contributed by atoms with Gasteiger partial charge in [0.25, 0.3) is 0 Å². The van der Waals surface area contributed by atoms with Gasteiger partial charge < -0.3 is 9.84 Å². The van der Waals surface area contributed by atoms with Crippen molar-refractivity contribution in [3.05, 3.63) is 318 Å². The van der Waals surface area contributed by atoms with Crippen LogP contribution in [0.1, 0.15) is 141 Å². The fourth-order valence-electron chi connectivity index (χ4n) is 6.11. The molecule has 0 aliphatic heterocycles. The van der Waals surface area contributed by atoms with Gasteiger partial charge >= 0.3 is 17.9 Å². The molecule has 0 saturated heterocycles. The van der Waals surface area contributed by atoms with Crippen molar-refractivity contribution in [1.82, 2.24) is 4.98 Å². The summed E-state index contributed by atoms with van der Waals surface area (Å²) in [5.41, 5.74) is 3.27. The zero-order valence-corrected chi connectivity index (χ0v) is 59.8. The molecule has 9 aromatic rings. The van der Waals surface area contributed by atoms with Crippen LogP contribution >= 0.6 is 11.3 Å². The van der Waals surface area contributed by atoms with Crippen LogP contribution in [0, 0.1) is 43.5 Å². The number of aliphatic hydroxyl groups is 1. The fourth-order valence-corrected chi connectivity index (χ4v) is 7.16. The van der Waals surface area contributed by atoms with Crippen molar-refractivity contribution in [3.8, 4) is 36.5 Å². The predicted molar refractivity (Wildman–Crippen MR) is 408 cm³/mol. The van der Waals surface area contributed by atoms with Crippen molar-refractivity contribution < 1.29 is 53.2 Å². The molecule has 0 saturated carbocycles. The zero-order valence-electron chi connectivity index (χ0n) is 59.0. The van der Waals surface area contributed by atoms with Gasteiger partial charge in [0.1, 0.15) is 5.60 Å². The minimum absolute atomic E-state index is 0.0185. The fraction of sp³-hybridized carbons (Fsp3) is 0.188. The Labute approximate surface area is 590 Å². The largest absolute Gasteiger partial charge is 0.469 e. The van der Waals surface area contributed by atoms with Gasteiger partial charge in [-0.3, -0.25) is 33.8 Å². The quantitative estimate of drug-likeness (QED) is 0.0188. The summed E-state index contributed by atoms with van der Waals surface area (Å²) >= 11 is 1.67. The predicted octanol–water partition coefficient (Wildman–Crippen LogP) is 18.9. The van der Waals surface area contributed by atoms with E-state index in [1.165, 1.54) is 59.8 Å². The maximum Gasteiger partial charge on any atom is 0.386 e. The number of ketones is 4. The number of aryl methyl sites for hydroxylation is 1. The van der Waals surface area contributed by atoms with Crippen LogP contribution in [0.15, 0.2) is 280 Å². The number of esters is 1. The SMILES string of the molecule is C#CC.C#CC#CC.C=C(C)C(C)=O.C=CC.C=CC(C)=O.C=CCC(=O)OC.CC(C)(O)C(=O)c1ccccc1.CCCC.Cc1ccc2sc3ccccc3c(=O)c2c1.O=C(OOC(=O)c1ccccc1)c1ccccc1.O=C(c1ccccc1)c1ccccc1.c1ccncc1. The van der Waals surface area contributed by atoms with Crippen LogP contribution in [0.4, 0.5) is 0 Å². The number of carbonyl (C=O) groups excluding carboxylic acids is 7. The summed E-state index contributed by atoms with van der Waals surface area (Å²) < 4.78 is 6.40. The van der Waals surface area contributed by atoms with Gasteiger partial charge in [-0.25, -0.2) is 19.4 Å². The summed E-state index contributed by atoms with van der Waals surface area (Å²) in [6.07, 6.45) is 20.3. The number of nitrogens with zero attached hydrogens (tertiary/aromatic N) is 1. The summed E-state index contributed by atoms with van der Waals surface area (Å²) in [6.45, 7) is 32.6. The molecule has 0 amide bonds. The number of aromatic nitrogens is 1. The van der Waals surface area contributed by atoms with Crippen LogP contribution < -0.4 is 5.43 Å². The van der Waals surface area contributed by atoms with Gasteiger partial charge in [0.2, 0.25) is 0 Å². The number of terminal acetylenes is 2. The average Bonchev–Trinajstić information content (AvgIpc) is 0.783. The molecule has 13 nitrogen and oxygen atoms in total. The number of pyridine rings is 1. The van der Waals surface area contributed by atoms with Crippen molar-refractivity contribution in [2.45, 2.75) is 101 Å². The first-order chi connectivity index (χ1) is 47.3. The maximum atomic E-state index is 12.2. The van der Waals surface area contributed by atoms with Crippen LogP contribution in [-0.2, 0) is 28.9 Å². The molecule has 0 radical (unpaired) electrons. The first-order valence-electron chi connectivity index (χ1n) is 30.9. The maximum absolute atomic E-state index is 12.2. The molecule has 0 aliphatic rings. The number of hydrogen-bond donors (Lipinski definition) is 1. The van der Waals surface area contributed by atoms with E-state index in [-0.39, 0.29) is 34.5 Å². The van der Waals surface area contributed by atoms with Crippen LogP contribution in [0.5, 0.6) is 0 Å². The van der Waals surface area contributed by atoms with Crippen molar-refractivity contribution in [3.63, 3.8) is 0 Å². The minimum Gasteiger partial charge on any atom is -0.469 e. The summed E-state index contributed by atoms with van der Waals surface area (Å²) in [6, 6.07) is 63.5. The van der Waals surface area contributed by atoms with E-state index in [0.29, 0.717) is 28.7 Å². The second-order valence-corrected chi connectivity index (χ2v) is 21.3. The Morgan fingerprint density at radius 1 is 0.586 bits per heavy atom. The first kappa shape index (κ1) is 91.5. The van der Waals surface area contributed by atoms with Gasteiger partial charge in [-0.15, -0.1) is 43.3 Å². The Morgan fingerprint density at radius 3 is 1.22 bits per heavy atom. The van der Waals surface area contributed by atoms with E-state index in [0.717, 1.165) is 36.9 Å². The lowest BCUT2D eigenvalue weighted by Gasteiger charge is -2.14. The third-order valence-corrected chi connectivity index (χ3v) is 12.4. The highest BCUT2D eigenvalue weighted by atomic mass is 32.1. The lowest BCUT2D eigenvalue weighted by atomic mass is 9.97. The van der Waals surface area contributed by atoms with E-state index in [1.807, 2.05) is 141 Å².